The summed E-state index contributed by atoms with van der Waals surface area (Å²) in [5.74, 6) is -0.282. The van der Waals surface area contributed by atoms with Crippen LogP contribution in [0.4, 0.5) is 0 Å². The molecule has 2 rings (SSSR count). The average molecular weight is 249 g/mol. The predicted molar refractivity (Wildman–Crippen MR) is 68.2 cm³/mol. The van der Waals surface area contributed by atoms with Crippen molar-refractivity contribution < 1.29 is 14.3 Å². The van der Waals surface area contributed by atoms with Gasteiger partial charge in [-0.25, -0.2) is 4.79 Å². The van der Waals surface area contributed by atoms with E-state index < -0.39 is 6.10 Å². The molecule has 1 saturated heterocycles. The van der Waals surface area contributed by atoms with Gasteiger partial charge in [-0.05, 0) is 18.1 Å². The number of ether oxygens (including phenoxy) is 2. The van der Waals surface area contributed by atoms with Crippen molar-refractivity contribution in [1.29, 1.82) is 0 Å². The molecule has 2 atom stereocenters. The highest BCUT2D eigenvalue weighted by Crippen LogP contribution is 2.15. The van der Waals surface area contributed by atoms with Crippen molar-refractivity contribution in [2.75, 3.05) is 13.7 Å². The molecular formula is C14H19NO3. The third kappa shape index (κ3) is 3.09. The van der Waals surface area contributed by atoms with E-state index in [1.807, 2.05) is 12.1 Å². The number of rotatable bonds is 4. The standard InChI is InChI=1S/C14H19NO3/c1-10-5-3-4-6-11(10)8-15-12-7-13(18-9-12)14(16)17-2/h3-6,12-13,15H,7-9H2,1-2H3. The fourth-order valence-corrected chi connectivity index (χ4v) is 2.13. The van der Waals surface area contributed by atoms with E-state index in [1.54, 1.807) is 0 Å². The van der Waals surface area contributed by atoms with E-state index in [-0.39, 0.29) is 12.0 Å². The molecule has 1 aromatic carbocycles. The molecule has 4 heteroatoms. The molecule has 1 aliphatic rings. The average Bonchev–Trinajstić information content (AvgIpc) is 2.86. The maximum Gasteiger partial charge on any atom is 0.335 e. The van der Waals surface area contributed by atoms with Gasteiger partial charge in [0.15, 0.2) is 6.10 Å². The van der Waals surface area contributed by atoms with Crippen molar-refractivity contribution in [3.63, 3.8) is 0 Å². The van der Waals surface area contributed by atoms with Crippen LogP contribution in [0.2, 0.25) is 0 Å². The number of benzene rings is 1. The fourth-order valence-electron chi connectivity index (χ4n) is 2.13. The quantitative estimate of drug-likeness (QED) is 0.820. The van der Waals surface area contributed by atoms with E-state index in [4.69, 9.17) is 4.74 Å². The third-order valence-corrected chi connectivity index (χ3v) is 3.30. The number of aryl methyl sites for hydroxylation is 1. The van der Waals surface area contributed by atoms with Crippen LogP contribution in [0.5, 0.6) is 0 Å². The van der Waals surface area contributed by atoms with E-state index in [2.05, 4.69) is 29.1 Å². The second kappa shape index (κ2) is 5.98. The molecule has 0 amide bonds. The van der Waals surface area contributed by atoms with Crippen molar-refractivity contribution in [3.8, 4) is 0 Å². The van der Waals surface area contributed by atoms with E-state index in [1.165, 1.54) is 18.2 Å². The lowest BCUT2D eigenvalue weighted by Gasteiger charge is -2.12. The first-order valence-electron chi connectivity index (χ1n) is 6.18. The molecule has 1 aromatic rings. The Morgan fingerprint density at radius 1 is 1.50 bits per heavy atom. The fraction of sp³-hybridized carbons (Fsp3) is 0.500. The Morgan fingerprint density at radius 2 is 2.28 bits per heavy atom. The molecule has 0 spiro atoms. The van der Waals surface area contributed by atoms with Crippen molar-refractivity contribution >= 4 is 5.97 Å². The molecular weight excluding hydrogens is 230 g/mol. The summed E-state index contributed by atoms with van der Waals surface area (Å²) in [5.41, 5.74) is 2.55. The molecule has 1 N–H and O–H groups in total. The maximum atomic E-state index is 11.3. The van der Waals surface area contributed by atoms with Gasteiger partial charge in [0.1, 0.15) is 0 Å². The number of hydrogen-bond acceptors (Lipinski definition) is 4. The SMILES string of the molecule is COC(=O)C1CC(NCc2ccccc2C)CO1. The molecule has 2 unspecified atom stereocenters. The molecule has 0 saturated carbocycles. The van der Waals surface area contributed by atoms with E-state index in [0.717, 1.165) is 6.54 Å². The van der Waals surface area contributed by atoms with Crippen molar-refractivity contribution in [2.24, 2.45) is 0 Å². The summed E-state index contributed by atoms with van der Waals surface area (Å²) < 4.78 is 10.1. The Morgan fingerprint density at radius 3 is 3.00 bits per heavy atom. The molecule has 4 nitrogen and oxygen atoms in total. The highest BCUT2D eigenvalue weighted by Gasteiger charge is 2.31. The Hall–Kier alpha value is -1.39. The van der Waals surface area contributed by atoms with Gasteiger partial charge in [-0.1, -0.05) is 24.3 Å². The minimum atomic E-state index is -0.413. The van der Waals surface area contributed by atoms with Crippen LogP contribution in [0.1, 0.15) is 17.5 Å². The number of nitrogens with one attached hydrogen (secondary N) is 1. The number of methoxy groups -OCH3 is 1. The topological polar surface area (TPSA) is 47.6 Å². The molecule has 0 aromatic heterocycles. The minimum Gasteiger partial charge on any atom is -0.467 e. The Balaban J connectivity index is 1.82. The monoisotopic (exact) mass is 249 g/mol. The molecule has 1 fully saturated rings. The van der Waals surface area contributed by atoms with Crippen LogP contribution >= 0.6 is 0 Å². The molecule has 0 radical (unpaired) electrons. The summed E-state index contributed by atoms with van der Waals surface area (Å²) in [7, 11) is 1.39. The minimum absolute atomic E-state index is 0.216. The zero-order chi connectivity index (χ0) is 13.0. The largest absolute Gasteiger partial charge is 0.467 e. The van der Waals surface area contributed by atoms with Crippen molar-refractivity contribution in [3.05, 3.63) is 35.4 Å². The van der Waals surface area contributed by atoms with Crippen LogP contribution in [0, 0.1) is 6.92 Å². The summed E-state index contributed by atoms with van der Waals surface area (Å²) >= 11 is 0. The molecule has 1 heterocycles. The summed E-state index contributed by atoms with van der Waals surface area (Å²) in [6.45, 7) is 3.46. The first kappa shape index (κ1) is 13.1. The normalized spacial score (nSPS) is 23.0. The zero-order valence-electron chi connectivity index (χ0n) is 10.8. The van der Waals surface area contributed by atoms with Gasteiger partial charge in [0.2, 0.25) is 0 Å². The van der Waals surface area contributed by atoms with Crippen LogP contribution in [0.3, 0.4) is 0 Å². The molecule has 98 valence electrons. The van der Waals surface area contributed by atoms with Gasteiger partial charge in [-0.15, -0.1) is 0 Å². The van der Waals surface area contributed by atoms with Crippen LogP contribution in [0.25, 0.3) is 0 Å². The van der Waals surface area contributed by atoms with Gasteiger partial charge in [0.05, 0.1) is 13.7 Å². The highest BCUT2D eigenvalue weighted by molar-refractivity contribution is 5.74. The van der Waals surface area contributed by atoms with Crippen molar-refractivity contribution in [2.45, 2.75) is 32.0 Å². The van der Waals surface area contributed by atoms with Gasteiger partial charge in [0, 0.05) is 19.0 Å². The van der Waals surface area contributed by atoms with E-state index >= 15 is 0 Å². The Labute approximate surface area is 107 Å². The predicted octanol–water partition coefficient (Wildman–Crippen LogP) is 1.42. The summed E-state index contributed by atoms with van der Waals surface area (Å²) in [6.07, 6.45) is 0.267. The summed E-state index contributed by atoms with van der Waals surface area (Å²) in [6, 6.07) is 8.49. The second-order valence-electron chi connectivity index (χ2n) is 4.59. The lowest BCUT2D eigenvalue weighted by Crippen LogP contribution is -2.30. The molecule has 0 bridgehead atoms. The smallest absolute Gasteiger partial charge is 0.335 e. The van der Waals surface area contributed by atoms with Gasteiger partial charge >= 0.3 is 5.97 Å². The maximum absolute atomic E-state index is 11.3. The third-order valence-electron chi connectivity index (χ3n) is 3.30. The Kier molecular flexibility index (Phi) is 4.33. The van der Waals surface area contributed by atoms with Crippen LogP contribution in [0.15, 0.2) is 24.3 Å². The van der Waals surface area contributed by atoms with Crippen LogP contribution < -0.4 is 5.32 Å². The lowest BCUT2D eigenvalue weighted by atomic mass is 10.1. The first-order chi connectivity index (χ1) is 8.70. The lowest BCUT2D eigenvalue weighted by molar-refractivity contribution is -0.151. The number of esters is 1. The second-order valence-corrected chi connectivity index (χ2v) is 4.59. The van der Waals surface area contributed by atoms with E-state index in [0.29, 0.717) is 13.0 Å². The molecule has 0 aliphatic carbocycles. The van der Waals surface area contributed by atoms with Gasteiger partial charge in [0.25, 0.3) is 0 Å². The summed E-state index contributed by atoms with van der Waals surface area (Å²) in [4.78, 5) is 11.3. The number of carbonyl (C=O) groups excluding carboxylic acids is 1. The highest BCUT2D eigenvalue weighted by atomic mass is 16.6. The molecule has 18 heavy (non-hydrogen) atoms. The van der Waals surface area contributed by atoms with Crippen LogP contribution in [-0.4, -0.2) is 31.8 Å². The Bertz CT molecular complexity index is 419. The zero-order valence-corrected chi connectivity index (χ0v) is 10.8. The van der Waals surface area contributed by atoms with Gasteiger partial charge in [-0.2, -0.15) is 0 Å². The van der Waals surface area contributed by atoms with Crippen LogP contribution in [-0.2, 0) is 20.8 Å². The van der Waals surface area contributed by atoms with E-state index in [9.17, 15) is 4.79 Å². The van der Waals surface area contributed by atoms with Gasteiger partial charge < -0.3 is 14.8 Å². The number of hydrogen-bond donors (Lipinski definition) is 1. The number of carbonyl (C=O) groups is 1. The van der Waals surface area contributed by atoms with Gasteiger partial charge in [-0.3, -0.25) is 0 Å². The summed E-state index contributed by atoms with van der Waals surface area (Å²) in [5, 5.41) is 3.41. The molecule has 1 aliphatic heterocycles. The first-order valence-corrected chi connectivity index (χ1v) is 6.18. The van der Waals surface area contributed by atoms with Crippen molar-refractivity contribution in [1.82, 2.24) is 5.32 Å².